The Hall–Kier alpha value is -1.42. The number of nitrogens with zero attached hydrogens (tertiary/aromatic N) is 3. The molecule has 0 bridgehead atoms. The van der Waals surface area contributed by atoms with Gasteiger partial charge in [0, 0.05) is 18.3 Å². The summed E-state index contributed by atoms with van der Waals surface area (Å²) < 4.78 is 15.0. The molecule has 0 aromatic carbocycles. The van der Waals surface area contributed by atoms with E-state index in [1.54, 1.807) is 6.20 Å². The van der Waals surface area contributed by atoms with Gasteiger partial charge in [0.25, 0.3) is 0 Å². The van der Waals surface area contributed by atoms with Crippen molar-refractivity contribution >= 4 is 11.6 Å². The van der Waals surface area contributed by atoms with Crippen molar-refractivity contribution in [3.05, 3.63) is 41.1 Å². The second-order valence-corrected chi connectivity index (χ2v) is 4.35. The van der Waals surface area contributed by atoms with Crippen LogP contribution in [0.3, 0.4) is 0 Å². The zero-order valence-corrected chi connectivity index (χ0v) is 9.15. The van der Waals surface area contributed by atoms with Crippen molar-refractivity contribution in [2.75, 3.05) is 0 Å². The molecule has 0 radical (unpaired) electrons. The minimum absolute atomic E-state index is 0.191. The third-order valence-electron chi connectivity index (χ3n) is 2.61. The molecule has 1 aliphatic rings. The highest BCUT2D eigenvalue weighted by atomic mass is 35.5. The first-order valence-corrected chi connectivity index (χ1v) is 5.49. The van der Waals surface area contributed by atoms with E-state index < -0.39 is 5.82 Å². The van der Waals surface area contributed by atoms with Crippen LogP contribution in [0.25, 0.3) is 5.82 Å². The molecular weight excluding hydrogens is 229 g/mol. The summed E-state index contributed by atoms with van der Waals surface area (Å²) in [6, 6.07) is 3.15. The molecule has 0 spiro atoms. The summed E-state index contributed by atoms with van der Waals surface area (Å²) in [6.45, 7) is 0. The summed E-state index contributed by atoms with van der Waals surface area (Å²) in [4.78, 5) is 3.93. The summed E-state index contributed by atoms with van der Waals surface area (Å²) in [5, 5.41) is 4.59. The fourth-order valence-electron chi connectivity index (χ4n) is 1.63. The molecule has 0 unspecified atom stereocenters. The maximum absolute atomic E-state index is 13.6. The predicted molar refractivity (Wildman–Crippen MR) is 58.3 cm³/mol. The highest BCUT2D eigenvalue weighted by Crippen LogP contribution is 2.39. The second-order valence-electron chi connectivity index (χ2n) is 3.92. The number of rotatable bonds is 2. The Bertz CT molecular complexity index is 534. The van der Waals surface area contributed by atoms with Gasteiger partial charge in [0.2, 0.25) is 0 Å². The van der Waals surface area contributed by atoms with E-state index >= 15 is 0 Å². The number of pyridine rings is 1. The number of aromatic nitrogens is 3. The largest absolute Gasteiger partial charge is 0.233 e. The molecule has 2 aromatic rings. The van der Waals surface area contributed by atoms with Crippen molar-refractivity contribution in [3.63, 3.8) is 0 Å². The lowest BCUT2D eigenvalue weighted by molar-refractivity contribution is 0.599. The van der Waals surface area contributed by atoms with E-state index in [0.717, 1.165) is 5.69 Å². The number of halogens is 2. The Morgan fingerprint density at radius 2 is 2.25 bits per heavy atom. The van der Waals surface area contributed by atoms with Gasteiger partial charge in [0.15, 0.2) is 11.6 Å². The van der Waals surface area contributed by atoms with E-state index in [2.05, 4.69) is 10.1 Å². The zero-order chi connectivity index (χ0) is 11.1. The first-order valence-electron chi connectivity index (χ1n) is 5.11. The summed E-state index contributed by atoms with van der Waals surface area (Å²) in [7, 11) is 0. The molecule has 1 saturated carbocycles. The van der Waals surface area contributed by atoms with E-state index in [1.165, 1.54) is 29.8 Å². The first-order chi connectivity index (χ1) is 7.74. The number of hydrogen-bond donors (Lipinski definition) is 0. The monoisotopic (exact) mass is 237 g/mol. The Morgan fingerprint density at radius 3 is 2.94 bits per heavy atom. The average Bonchev–Trinajstić information content (AvgIpc) is 2.98. The highest BCUT2D eigenvalue weighted by Gasteiger charge is 2.26. The van der Waals surface area contributed by atoms with Crippen LogP contribution in [0.4, 0.5) is 4.39 Å². The average molecular weight is 238 g/mol. The molecule has 0 amide bonds. The van der Waals surface area contributed by atoms with Crippen molar-refractivity contribution in [2.45, 2.75) is 18.8 Å². The SMILES string of the molecule is Fc1cc(Cl)cnc1-n1ccc(C2CC2)n1. The Kier molecular flexibility index (Phi) is 2.17. The van der Waals surface area contributed by atoms with E-state index in [4.69, 9.17) is 11.6 Å². The molecule has 82 valence electrons. The lowest BCUT2D eigenvalue weighted by atomic mass is 10.3. The molecule has 3 nitrogen and oxygen atoms in total. The van der Waals surface area contributed by atoms with Gasteiger partial charge >= 0.3 is 0 Å². The van der Waals surface area contributed by atoms with Crippen LogP contribution in [0.2, 0.25) is 5.02 Å². The van der Waals surface area contributed by atoms with Gasteiger partial charge < -0.3 is 0 Å². The molecule has 0 aliphatic heterocycles. The van der Waals surface area contributed by atoms with Crippen LogP contribution in [0.15, 0.2) is 24.5 Å². The van der Waals surface area contributed by atoms with Gasteiger partial charge in [-0.25, -0.2) is 14.1 Å². The Balaban J connectivity index is 2.00. The van der Waals surface area contributed by atoms with Crippen molar-refractivity contribution in [1.29, 1.82) is 0 Å². The van der Waals surface area contributed by atoms with E-state index in [9.17, 15) is 4.39 Å². The second kappa shape index (κ2) is 3.56. The van der Waals surface area contributed by atoms with Crippen LogP contribution >= 0.6 is 11.6 Å². The third kappa shape index (κ3) is 1.69. The summed E-state index contributed by atoms with van der Waals surface area (Å²) >= 11 is 5.64. The molecule has 0 N–H and O–H groups in total. The standard InChI is InChI=1S/C11H9ClFN3/c12-8-5-9(13)11(14-6-8)16-4-3-10(15-16)7-1-2-7/h3-7H,1-2H2. The maximum atomic E-state index is 13.6. The highest BCUT2D eigenvalue weighted by molar-refractivity contribution is 6.30. The van der Waals surface area contributed by atoms with Crippen molar-refractivity contribution in [3.8, 4) is 5.82 Å². The molecule has 2 heterocycles. The summed E-state index contributed by atoms with van der Waals surface area (Å²) in [5.41, 5.74) is 1.01. The summed E-state index contributed by atoms with van der Waals surface area (Å²) in [5.74, 6) is 0.283. The van der Waals surface area contributed by atoms with Crippen LogP contribution in [-0.2, 0) is 0 Å². The van der Waals surface area contributed by atoms with E-state index in [1.807, 2.05) is 6.07 Å². The zero-order valence-electron chi connectivity index (χ0n) is 8.40. The van der Waals surface area contributed by atoms with E-state index in [-0.39, 0.29) is 10.8 Å². The quantitative estimate of drug-likeness (QED) is 0.804. The van der Waals surface area contributed by atoms with Gasteiger partial charge in [0.1, 0.15) is 0 Å². The fraction of sp³-hybridized carbons (Fsp3) is 0.273. The molecule has 16 heavy (non-hydrogen) atoms. The minimum atomic E-state index is -0.460. The van der Waals surface area contributed by atoms with Crippen molar-refractivity contribution in [1.82, 2.24) is 14.8 Å². The van der Waals surface area contributed by atoms with Crippen LogP contribution in [0.1, 0.15) is 24.5 Å². The van der Waals surface area contributed by atoms with Crippen LogP contribution in [0, 0.1) is 5.82 Å². The lowest BCUT2D eigenvalue weighted by Gasteiger charge is -2.01. The maximum Gasteiger partial charge on any atom is 0.189 e. The molecule has 5 heteroatoms. The molecule has 0 atom stereocenters. The van der Waals surface area contributed by atoms with Gasteiger partial charge in [-0.1, -0.05) is 11.6 Å². The normalized spacial score (nSPS) is 15.4. The molecular formula is C11H9ClFN3. The summed E-state index contributed by atoms with van der Waals surface area (Å²) in [6.07, 6.45) is 5.49. The van der Waals surface area contributed by atoms with Crippen LogP contribution in [0.5, 0.6) is 0 Å². The fourth-order valence-corrected chi connectivity index (χ4v) is 1.77. The molecule has 2 aromatic heterocycles. The van der Waals surface area contributed by atoms with Gasteiger partial charge in [-0.2, -0.15) is 5.10 Å². The van der Waals surface area contributed by atoms with Gasteiger partial charge in [-0.05, 0) is 25.0 Å². The predicted octanol–water partition coefficient (Wildman–Crippen LogP) is 2.94. The van der Waals surface area contributed by atoms with Crippen LogP contribution in [-0.4, -0.2) is 14.8 Å². The van der Waals surface area contributed by atoms with E-state index in [0.29, 0.717) is 5.92 Å². The van der Waals surface area contributed by atoms with Crippen LogP contribution < -0.4 is 0 Å². The smallest absolute Gasteiger partial charge is 0.189 e. The van der Waals surface area contributed by atoms with Gasteiger partial charge in [-0.15, -0.1) is 0 Å². The Morgan fingerprint density at radius 1 is 1.44 bits per heavy atom. The molecule has 1 aliphatic carbocycles. The Labute approximate surface area is 96.9 Å². The van der Waals surface area contributed by atoms with Crippen molar-refractivity contribution in [2.24, 2.45) is 0 Å². The number of hydrogen-bond acceptors (Lipinski definition) is 2. The molecule has 1 fully saturated rings. The molecule has 0 saturated heterocycles. The van der Waals surface area contributed by atoms with Crippen molar-refractivity contribution < 1.29 is 4.39 Å². The molecule has 3 rings (SSSR count). The van der Waals surface area contributed by atoms with Gasteiger partial charge in [0.05, 0.1) is 10.7 Å². The van der Waals surface area contributed by atoms with Gasteiger partial charge in [-0.3, -0.25) is 0 Å². The first kappa shape index (κ1) is 9.78. The third-order valence-corrected chi connectivity index (χ3v) is 2.82. The topological polar surface area (TPSA) is 30.7 Å². The minimum Gasteiger partial charge on any atom is -0.233 e. The lowest BCUT2D eigenvalue weighted by Crippen LogP contribution is -2.02.